The van der Waals surface area contributed by atoms with Crippen molar-refractivity contribution in [2.45, 2.75) is 20.4 Å². The summed E-state index contributed by atoms with van der Waals surface area (Å²) in [6, 6.07) is 3.83. The lowest BCUT2D eigenvalue weighted by molar-refractivity contribution is -0.142. The van der Waals surface area contributed by atoms with Crippen LogP contribution >= 0.6 is 11.3 Å². The van der Waals surface area contributed by atoms with Crippen molar-refractivity contribution in [1.82, 2.24) is 10.2 Å². The van der Waals surface area contributed by atoms with E-state index in [9.17, 15) is 9.59 Å². The Kier molecular flexibility index (Phi) is 4.09. The second-order valence-electron chi connectivity index (χ2n) is 5.00. The normalized spacial score (nSPS) is 22.5. The molecule has 1 aromatic heterocycles. The molecule has 1 aliphatic rings. The molecule has 0 unspecified atom stereocenters. The van der Waals surface area contributed by atoms with Gasteiger partial charge in [-0.05, 0) is 25.0 Å². The first kappa shape index (κ1) is 13.9. The van der Waals surface area contributed by atoms with Crippen molar-refractivity contribution in [3.05, 3.63) is 21.9 Å². The molecule has 104 valence electrons. The Bertz CT molecular complexity index is 486. The number of aliphatic carboxylic acids is 1. The zero-order valence-electron chi connectivity index (χ0n) is 11.0. The van der Waals surface area contributed by atoms with Gasteiger partial charge in [0.15, 0.2) is 0 Å². The Hall–Kier alpha value is -1.56. The molecule has 6 heteroatoms. The first-order chi connectivity index (χ1) is 8.97. The Labute approximate surface area is 116 Å². The standard InChI is InChI=1S/C13H18N2O3S/c1-8-6-15(7-11(8)12(16)17)13(18)14-5-10-4-3-9(2)19-10/h3-4,8,11H,5-7H2,1-2H3,(H,14,18)(H,16,17)/t8-,11-/m1/s1. The van der Waals surface area contributed by atoms with Crippen molar-refractivity contribution in [3.63, 3.8) is 0 Å². The maximum Gasteiger partial charge on any atom is 0.317 e. The van der Waals surface area contributed by atoms with E-state index < -0.39 is 11.9 Å². The van der Waals surface area contributed by atoms with Gasteiger partial charge in [-0.25, -0.2) is 4.79 Å². The quantitative estimate of drug-likeness (QED) is 0.890. The molecular weight excluding hydrogens is 264 g/mol. The fraction of sp³-hybridized carbons (Fsp3) is 0.538. The molecule has 2 rings (SSSR count). The minimum absolute atomic E-state index is 0.00670. The molecule has 2 heterocycles. The Morgan fingerprint density at radius 3 is 2.74 bits per heavy atom. The number of carbonyl (C=O) groups is 2. The van der Waals surface area contributed by atoms with E-state index in [1.54, 1.807) is 16.2 Å². The molecule has 0 aliphatic carbocycles. The first-order valence-corrected chi connectivity index (χ1v) is 7.10. The summed E-state index contributed by atoms with van der Waals surface area (Å²) in [5.74, 6) is -1.27. The van der Waals surface area contributed by atoms with Crippen LogP contribution in [0.2, 0.25) is 0 Å². The predicted octanol–water partition coefficient (Wildman–Crippen LogP) is 1.92. The summed E-state index contributed by atoms with van der Waals surface area (Å²) in [6.07, 6.45) is 0. The van der Waals surface area contributed by atoms with Crippen LogP contribution in [0.3, 0.4) is 0 Å². The molecule has 1 fully saturated rings. The molecule has 19 heavy (non-hydrogen) atoms. The second kappa shape index (κ2) is 5.61. The molecule has 5 nitrogen and oxygen atoms in total. The lowest BCUT2D eigenvalue weighted by atomic mass is 9.99. The van der Waals surface area contributed by atoms with Gasteiger partial charge in [0.25, 0.3) is 0 Å². The SMILES string of the molecule is Cc1ccc(CNC(=O)N2C[C@@H](C)[C@H](C(=O)O)C2)s1. The number of carbonyl (C=O) groups excluding carboxylic acids is 1. The third-order valence-electron chi connectivity index (χ3n) is 3.43. The first-order valence-electron chi connectivity index (χ1n) is 6.28. The van der Waals surface area contributed by atoms with Crippen LogP contribution in [0, 0.1) is 18.8 Å². The van der Waals surface area contributed by atoms with E-state index in [-0.39, 0.29) is 11.9 Å². The minimum atomic E-state index is -0.823. The van der Waals surface area contributed by atoms with E-state index in [4.69, 9.17) is 5.11 Å². The smallest absolute Gasteiger partial charge is 0.317 e. The van der Waals surface area contributed by atoms with Crippen LogP contribution in [0.1, 0.15) is 16.7 Å². The summed E-state index contributed by atoms with van der Waals surface area (Å²) in [6.45, 7) is 5.20. The summed E-state index contributed by atoms with van der Waals surface area (Å²) < 4.78 is 0. The fourth-order valence-corrected chi connectivity index (χ4v) is 3.14. The van der Waals surface area contributed by atoms with Crippen LogP contribution in [0.5, 0.6) is 0 Å². The zero-order chi connectivity index (χ0) is 14.0. The average molecular weight is 282 g/mol. The lowest BCUT2D eigenvalue weighted by Crippen LogP contribution is -2.38. The molecule has 0 radical (unpaired) electrons. The van der Waals surface area contributed by atoms with E-state index in [1.165, 1.54) is 4.88 Å². The number of nitrogens with one attached hydrogen (secondary N) is 1. The van der Waals surface area contributed by atoms with Gasteiger partial charge in [-0.1, -0.05) is 6.92 Å². The predicted molar refractivity (Wildman–Crippen MR) is 73.2 cm³/mol. The maximum absolute atomic E-state index is 12.0. The molecule has 0 spiro atoms. The number of aryl methyl sites for hydroxylation is 1. The van der Waals surface area contributed by atoms with Crippen LogP contribution in [0.4, 0.5) is 4.79 Å². The van der Waals surface area contributed by atoms with Gasteiger partial charge in [0, 0.05) is 22.8 Å². The monoisotopic (exact) mass is 282 g/mol. The zero-order valence-corrected chi connectivity index (χ0v) is 11.9. The third kappa shape index (κ3) is 3.26. The van der Waals surface area contributed by atoms with Crippen molar-refractivity contribution in [2.24, 2.45) is 11.8 Å². The maximum atomic E-state index is 12.0. The van der Waals surface area contributed by atoms with E-state index >= 15 is 0 Å². The summed E-state index contributed by atoms with van der Waals surface area (Å²) >= 11 is 1.65. The van der Waals surface area contributed by atoms with Gasteiger partial charge in [0.05, 0.1) is 12.5 Å². The number of carboxylic acid groups (broad SMARTS) is 1. The van der Waals surface area contributed by atoms with Crippen molar-refractivity contribution in [1.29, 1.82) is 0 Å². The Balaban J connectivity index is 1.86. The van der Waals surface area contributed by atoms with Crippen LogP contribution in [-0.4, -0.2) is 35.1 Å². The molecule has 0 bridgehead atoms. The van der Waals surface area contributed by atoms with Gasteiger partial charge in [-0.2, -0.15) is 0 Å². The minimum Gasteiger partial charge on any atom is -0.481 e. The van der Waals surface area contributed by atoms with Crippen molar-refractivity contribution in [3.8, 4) is 0 Å². The number of carboxylic acids is 1. The van der Waals surface area contributed by atoms with E-state index in [0.717, 1.165) is 4.88 Å². The van der Waals surface area contributed by atoms with Crippen molar-refractivity contribution >= 4 is 23.3 Å². The number of likely N-dealkylation sites (tertiary alicyclic amines) is 1. The van der Waals surface area contributed by atoms with Crippen LogP contribution in [0.15, 0.2) is 12.1 Å². The number of rotatable bonds is 3. The number of nitrogens with zero attached hydrogens (tertiary/aromatic N) is 1. The number of hydrogen-bond acceptors (Lipinski definition) is 3. The number of hydrogen-bond donors (Lipinski definition) is 2. The van der Waals surface area contributed by atoms with Gasteiger partial charge in [-0.15, -0.1) is 11.3 Å². The van der Waals surface area contributed by atoms with Crippen molar-refractivity contribution < 1.29 is 14.7 Å². The molecule has 1 aromatic rings. The van der Waals surface area contributed by atoms with Gasteiger partial charge in [-0.3, -0.25) is 4.79 Å². The van der Waals surface area contributed by atoms with E-state index in [1.807, 2.05) is 26.0 Å². The van der Waals surface area contributed by atoms with Crippen LogP contribution in [0.25, 0.3) is 0 Å². The third-order valence-corrected chi connectivity index (χ3v) is 4.43. The van der Waals surface area contributed by atoms with Crippen molar-refractivity contribution in [2.75, 3.05) is 13.1 Å². The summed E-state index contributed by atoms with van der Waals surface area (Å²) in [5.41, 5.74) is 0. The largest absolute Gasteiger partial charge is 0.481 e. The van der Waals surface area contributed by atoms with Gasteiger partial charge in [0.2, 0.25) is 0 Å². The highest BCUT2D eigenvalue weighted by Gasteiger charge is 2.36. The van der Waals surface area contributed by atoms with Crippen LogP contribution in [-0.2, 0) is 11.3 Å². The topological polar surface area (TPSA) is 69.6 Å². The summed E-state index contributed by atoms with van der Waals surface area (Å²) in [5, 5.41) is 11.9. The number of amides is 2. The molecule has 2 atom stereocenters. The highest BCUT2D eigenvalue weighted by molar-refractivity contribution is 7.11. The van der Waals surface area contributed by atoms with Gasteiger partial charge < -0.3 is 15.3 Å². The number of thiophene rings is 1. The number of urea groups is 1. The molecule has 2 N–H and O–H groups in total. The van der Waals surface area contributed by atoms with Gasteiger partial charge >= 0.3 is 12.0 Å². The summed E-state index contributed by atoms with van der Waals surface area (Å²) in [4.78, 5) is 26.9. The Morgan fingerprint density at radius 1 is 1.47 bits per heavy atom. The molecule has 0 saturated carbocycles. The second-order valence-corrected chi connectivity index (χ2v) is 6.37. The summed E-state index contributed by atoms with van der Waals surface area (Å²) in [7, 11) is 0. The van der Waals surface area contributed by atoms with Crippen LogP contribution < -0.4 is 5.32 Å². The highest BCUT2D eigenvalue weighted by Crippen LogP contribution is 2.23. The molecular formula is C13H18N2O3S. The van der Waals surface area contributed by atoms with E-state index in [2.05, 4.69) is 5.32 Å². The van der Waals surface area contributed by atoms with E-state index in [0.29, 0.717) is 19.6 Å². The molecule has 0 aromatic carbocycles. The highest BCUT2D eigenvalue weighted by atomic mass is 32.1. The average Bonchev–Trinajstić information content (AvgIpc) is 2.92. The Morgan fingerprint density at radius 2 is 2.21 bits per heavy atom. The molecule has 2 amide bonds. The fourth-order valence-electron chi connectivity index (χ4n) is 2.31. The molecule has 1 saturated heterocycles. The van der Waals surface area contributed by atoms with Gasteiger partial charge in [0.1, 0.15) is 0 Å². The molecule has 1 aliphatic heterocycles. The lowest BCUT2D eigenvalue weighted by Gasteiger charge is -2.16.